The van der Waals surface area contributed by atoms with Gasteiger partial charge in [0.25, 0.3) is 5.91 Å². The molecule has 0 radical (unpaired) electrons. The molecule has 1 aliphatic heterocycles. The molecule has 1 amide bonds. The fourth-order valence-corrected chi connectivity index (χ4v) is 3.51. The molecule has 0 atom stereocenters. The van der Waals surface area contributed by atoms with Gasteiger partial charge in [-0.3, -0.25) is 9.78 Å². The zero-order valence-electron chi connectivity index (χ0n) is 15.2. The van der Waals surface area contributed by atoms with Crippen molar-refractivity contribution in [1.82, 2.24) is 20.3 Å². The second-order valence-electron chi connectivity index (χ2n) is 6.68. The Morgan fingerprint density at radius 1 is 1.18 bits per heavy atom. The van der Waals surface area contributed by atoms with Gasteiger partial charge in [0.05, 0.1) is 5.52 Å². The van der Waals surface area contributed by atoms with E-state index in [4.69, 9.17) is 4.74 Å². The fraction of sp³-hybridized carbons (Fsp3) is 0.300. The molecule has 7 nitrogen and oxygen atoms in total. The topological polar surface area (TPSA) is 89.0 Å². The monoisotopic (exact) mass is 441 g/mol. The van der Waals surface area contributed by atoms with E-state index in [1.54, 1.807) is 24.7 Å². The molecule has 28 heavy (non-hydrogen) atoms. The Labute approximate surface area is 171 Å². The summed E-state index contributed by atoms with van der Waals surface area (Å²) in [6, 6.07) is 7.73. The average Bonchev–Trinajstić information content (AvgIpc) is 2.72. The number of nitrogens with one attached hydrogen (secondary N) is 2. The van der Waals surface area contributed by atoms with E-state index in [1.165, 1.54) is 0 Å². The van der Waals surface area contributed by atoms with Crippen molar-refractivity contribution in [2.75, 3.05) is 18.5 Å². The third-order valence-electron chi connectivity index (χ3n) is 4.59. The number of hydrogen-bond acceptors (Lipinski definition) is 6. The number of amides is 1. The first-order valence-corrected chi connectivity index (χ1v) is 9.95. The summed E-state index contributed by atoms with van der Waals surface area (Å²) in [6.07, 6.45) is 7.12. The second-order valence-corrected chi connectivity index (χ2v) is 7.60. The summed E-state index contributed by atoms with van der Waals surface area (Å²) < 4.78 is 6.26. The summed E-state index contributed by atoms with van der Waals surface area (Å²) in [4.78, 5) is 25.6. The molecule has 4 heterocycles. The number of rotatable bonds is 5. The summed E-state index contributed by atoms with van der Waals surface area (Å²) >= 11 is 3.38. The molecular formula is C20H20BrN5O2. The Balaban J connectivity index is 1.46. The molecule has 3 aromatic heterocycles. The number of carbonyl (C=O) groups excluding carboxylic acids is 1. The van der Waals surface area contributed by atoms with Gasteiger partial charge in [-0.1, -0.05) is 0 Å². The second kappa shape index (κ2) is 8.62. The molecule has 8 heteroatoms. The highest BCUT2D eigenvalue weighted by molar-refractivity contribution is 9.10. The zero-order valence-corrected chi connectivity index (χ0v) is 16.8. The standard InChI is InChI=1S/C20H20BrN5O2/c21-15-7-13(9-22-12-15)10-24-20(27)17-2-1-14-11-23-19(8-18(14)26-17)25-16-3-5-28-6-4-16/h1-2,7-9,11-12,16H,3-6,10H2,(H,23,25)(H,24,27). The van der Waals surface area contributed by atoms with Gasteiger partial charge in [-0.15, -0.1) is 0 Å². The molecule has 0 aliphatic carbocycles. The van der Waals surface area contributed by atoms with Gasteiger partial charge < -0.3 is 15.4 Å². The van der Waals surface area contributed by atoms with Crippen molar-refractivity contribution in [3.05, 3.63) is 58.6 Å². The highest BCUT2D eigenvalue weighted by atomic mass is 79.9. The number of hydrogen-bond donors (Lipinski definition) is 2. The van der Waals surface area contributed by atoms with Gasteiger partial charge in [-0.25, -0.2) is 9.97 Å². The SMILES string of the molecule is O=C(NCc1cncc(Br)c1)c1ccc2cnc(NC3CCOCC3)cc2n1. The minimum Gasteiger partial charge on any atom is -0.381 e. The van der Waals surface area contributed by atoms with Gasteiger partial charge in [0.15, 0.2) is 0 Å². The molecule has 1 saturated heterocycles. The zero-order chi connectivity index (χ0) is 19.3. The molecule has 0 bridgehead atoms. The van der Waals surface area contributed by atoms with E-state index in [9.17, 15) is 4.79 Å². The van der Waals surface area contributed by atoms with Crippen LogP contribution in [-0.2, 0) is 11.3 Å². The van der Waals surface area contributed by atoms with Crippen molar-refractivity contribution in [2.24, 2.45) is 0 Å². The van der Waals surface area contributed by atoms with E-state index < -0.39 is 0 Å². The number of pyridine rings is 3. The maximum absolute atomic E-state index is 12.5. The summed E-state index contributed by atoms with van der Waals surface area (Å²) in [7, 11) is 0. The van der Waals surface area contributed by atoms with Crippen LogP contribution < -0.4 is 10.6 Å². The van der Waals surface area contributed by atoms with Crippen LogP contribution in [0.25, 0.3) is 10.9 Å². The molecule has 4 rings (SSSR count). The third-order valence-corrected chi connectivity index (χ3v) is 5.03. The maximum Gasteiger partial charge on any atom is 0.270 e. The van der Waals surface area contributed by atoms with Crippen LogP contribution in [0.1, 0.15) is 28.9 Å². The smallest absolute Gasteiger partial charge is 0.270 e. The summed E-state index contributed by atoms with van der Waals surface area (Å²) in [5.74, 6) is 0.544. The lowest BCUT2D eigenvalue weighted by Gasteiger charge is -2.23. The lowest BCUT2D eigenvalue weighted by molar-refractivity contribution is 0.0903. The van der Waals surface area contributed by atoms with Crippen LogP contribution in [0, 0.1) is 0 Å². The Morgan fingerprint density at radius 2 is 2.04 bits per heavy atom. The van der Waals surface area contributed by atoms with Crippen LogP contribution in [0.4, 0.5) is 5.82 Å². The molecule has 3 aromatic rings. The predicted molar refractivity (Wildman–Crippen MR) is 110 cm³/mol. The number of nitrogens with zero attached hydrogens (tertiary/aromatic N) is 3. The molecule has 0 saturated carbocycles. The summed E-state index contributed by atoms with van der Waals surface area (Å²) in [5, 5.41) is 7.20. The van der Waals surface area contributed by atoms with Gasteiger partial charge in [-0.2, -0.15) is 0 Å². The van der Waals surface area contributed by atoms with E-state index in [0.717, 1.165) is 52.8 Å². The van der Waals surface area contributed by atoms with Crippen LogP contribution >= 0.6 is 15.9 Å². The molecule has 1 fully saturated rings. The lowest BCUT2D eigenvalue weighted by Crippen LogP contribution is -2.28. The van der Waals surface area contributed by atoms with Crippen LogP contribution in [-0.4, -0.2) is 40.1 Å². The minimum atomic E-state index is -0.224. The molecule has 0 aromatic carbocycles. The fourth-order valence-electron chi connectivity index (χ4n) is 3.10. The molecule has 0 spiro atoms. The number of anilines is 1. The number of halogens is 1. The lowest BCUT2D eigenvalue weighted by atomic mass is 10.1. The van der Waals surface area contributed by atoms with E-state index in [1.807, 2.05) is 18.2 Å². The van der Waals surface area contributed by atoms with Gasteiger partial charge in [-0.05, 0) is 52.5 Å². The van der Waals surface area contributed by atoms with Gasteiger partial charge in [0, 0.05) is 60.3 Å². The van der Waals surface area contributed by atoms with Gasteiger partial charge >= 0.3 is 0 Å². The van der Waals surface area contributed by atoms with Crippen molar-refractivity contribution < 1.29 is 9.53 Å². The van der Waals surface area contributed by atoms with E-state index in [2.05, 4.69) is 41.5 Å². The highest BCUT2D eigenvalue weighted by Gasteiger charge is 2.14. The van der Waals surface area contributed by atoms with Crippen molar-refractivity contribution in [2.45, 2.75) is 25.4 Å². The third kappa shape index (κ3) is 4.63. The Hall–Kier alpha value is -2.58. The number of fused-ring (bicyclic) bond motifs is 1. The number of aromatic nitrogens is 3. The van der Waals surface area contributed by atoms with Crippen molar-refractivity contribution in [1.29, 1.82) is 0 Å². The predicted octanol–water partition coefficient (Wildman–Crippen LogP) is 3.31. The van der Waals surface area contributed by atoms with Crippen molar-refractivity contribution >= 4 is 38.6 Å². The molecule has 2 N–H and O–H groups in total. The first-order chi connectivity index (χ1) is 13.7. The average molecular weight is 442 g/mol. The summed E-state index contributed by atoms with van der Waals surface area (Å²) in [6.45, 7) is 1.92. The van der Waals surface area contributed by atoms with Crippen molar-refractivity contribution in [3.8, 4) is 0 Å². The van der Waals surface area contributed by atoms with Crippen molar-refractivity contribution in [3.63, 3.8) is 0 Å². The largest absolute Gasteiger partial charge is 0.381 e. The Kier molecular flexibility index (Phi) is 5.78. The Bertz CT molecular complexity index is 991. The molecule has 0 unspecified atom stereocenters. The first kappa shape index (κ1) is 18.8. The Morgan fingerprint density at radius 3 is 2.86 bits per heavy atom. The molecular weight excluding hydrogens is 422 g/mol. The van der Waals surface area contributed by atoms with E-state index in [-0.39, 0.29) is 5.91 Å². The van der Waals surface area contributed by atoms with Gasteiger partial charge in [0.2, 0.25) is 0 Å². The van der Waals surface area contributed by atoms with Crippen LogP contribution in [0.5, 0.6) is 0 Å². The number of carbonyl (C=O) groups is 1. The number of ether oxygens (including phenoxy) is 1. The first-order valence-electron chi connectivity index (χ1n) is 9.16. The molecule has 144 valence electrons. The van der Waals surface area contributed by atoms with Crippen LogP contribution in [0.2, 0.25) is 0 Å². The van der Waals surface area contributed by atoms with E-state index >= 15 is 0 Å². The minimum absolute atomic E-state index is 0.224. The van der Waals surface area contributed by atoms with E-state index in [0.29, 0.717) is 18.3 Å². The summed E-state index contributed by atoms with van der Waals surface area (Å²) in [5.41, 5.74) is 2.02. The van der Waals surface area contributed by atoms with Crippen LogP contribution in [0.3, 0.4) is 0 Å². The molecule has 1 aliphatic rings. The quantitative estimate of drug-likeness (QED) is 0.631. The van der Waals surface area contributed by atoms with Gasteiger partial charge in [0.1, 0.15) is 11.5 Å². The highest BCUT2D eigenvalue weighted by Crippen LogP contribution is 2.18. The van der Waals surface area contributed by atoms with Crippen LogP contribution in [0.15, 0.2) is 47.3 Å². The maximum atomic E-state index is 12.5. The normalized spacial score (nSPS) is 14.8.